The van der Waals surface area contributed by atoms with Crippen molar-refractivity contribution in [2.24, 2.45) is 5.73 Å². The first-order chi connectivity index (χ1) is 9.17. The second-order valence-corrected chi connectivity index (χ2v) is 5.69. The Labute approximate surface area is 119 Å². The predicted molar refractivity (Wildman–Crippen MR) is 73.1 cm³/mol. The Kier molecular flexibility index (Phi) is 3.36. The number of halogens is 1. The molecule has 2 aliphatic rings. The van der Waals surface area contributed by atoms with Crippen molar-refractivity contribution in [3.63, 3.8) is 0 Å². The van der Waals surface area contributed by atoms with Gasteiger partial charge in [-0.05, 0) is 17.7 Å². The number of cyclic esters (lactones) is 1. The van der Waals surface area contributed by atoms with Gasteiger partial charge in [0.2, 0.25) is 0 Å². The van der Waals surface area contributed by atoms with Gasteiger partial charge < -0.3 is 15.2 Å². The Hall–Kier alpha value is -1.27. The predicted octanol–water partition coefficient (Wildman–Crippen LogP) is 1.66. The normalized spacial score (nSPS) is 21.3. The van der Waals surface area contributed by atoms with E-state index in [0.29, 0.717) is 26.2 Å². The number of rotatable bonds is 3. The molecular formula is C13H15BrN2O3. The molecule has 102 valence electrons. The minimum Gasteiger partial charge on any atom is -0.493 e. The Balaban J connectivity index is 1.82. The van der Waals surface area contributed by atoms with E-state index in [2.05, 4.69) is 22.0 Å². The number of fused-ring (bicyclic) bond motifs is 1. The zero-order valence-electron chi connectivity index (χ0n) is 10.4. The molecule has 0 radical (unpaired) electrons. The number of nitrogens with zero attached hydrogens (tertiary/aromatic N) is 1. The van der Waals surface area contributed by atoms with E-state index in [1.807, 2.05) is 6.07 Å². The zero-order valence-corrected chi connectivity index (χ0v) is 12.0. The van der Waals surface area contributed by atoms with Crippen molar-refractivity contribution in [3.05, 3.63) is 27.7 Å². The number of carbonyl (C=O) groups is 1. The summed E-state index contributed by atoms with van der Waals surface area (Å²) >= 11 is 3.50. The van der Waals surface area contributed by atoms with Gasteiger partial charge in [0.15, 0.2) is 0 Å². The molecular weight excluding hydrogens is 312 g/mol. The first-order valence-corrected chi connectivity index (χ1v) is 7.06. The van der Waals surface area contributed by atoms with Crippen LogP contribution in [-0.2, 0) is 17.7 Å². The highest BCUT2D eigenvalue weighted by molar-refractivity contribution is 9.10. The van der Waals surface area contributed by atoms with E-state index in [-0.39, 0.29) is 12.2 Å². The number of amides is 1. The van der Waals surface area contributed by atoms with Gasteiger partial charge in [-0.25, -0.2) is 4.79 Å². The molecule has 1 amide bonds. The van der Waals surface area contributed by atoms with Crippen molar-refractivity contribution in [1.82, 2.24) is 4.90 Å². The van der Waals surface area contributed by atoms with Crippen molar-refractivity contribution in [2.75, 3.05) is 19.7 Å². The number of hydrogen-bond donors (Lipinski definition) is 1. The summed E-state index contributed by atoms with van der Waals surface area (Å²) in [6, 6.07) is 4.06. The van der Waals surface area contributed by atoms with Gasteiger partial charge in [0.25, 0.3) is 0 Å². The standard InChI is InChI=1S/C13H15BrN2O3/c14-10-3-8-1-2-18-12(8)9(4-10)6-16-7-11(5-15)19-13(16)17/h3-4,11H,1-2,5-7,15H2. The van der Waals surface area contributed by atoms with Crippen molar-refractivity contribution in [2.45, 2.75) is 19.1 Å². The highest BCUT2D eigenvalue weighted by Crippen LogP contribution is 2.34. The molecule has 0 bridgehead atoms. The summed E-state index contributed by atoms with van der Waals surface area (Å²) in [6.07, 6.45) is 0.410. The maximum atomic E-state index is 11.7. The van der Waals surface area contributed by atoms with Gasteiger partial charge in [0, 0.05) is 23.0 Å². The van der Waals surface area contributed by atoms with Crippen LogP contribution in [0.2, 0.25) is 0 Å². The van der Waals surface area contributed by atoms with E-state index in [4.69, 9.17) is 15.2 Å². The lowest BCUT2D eigenvalue weighted by Gasteiger charge is -2.15. The van der Waals surface area contributed by atoms with Gasteiger partial charge in [-0.3, -0.25) is 4.90 Å². The molecule has 1 aromatic rings. The third kappa shape index (κ3) is 2.42. The SMILES string of the molecule is NCC1CN(Cc2cc(Br)cc3c2OCC3)C(=O)O1. The number of ether oxygens (including phenoxy) is 2. The molecule has 5 nitrogen and oxygen atoms in total. The second-order valence-electron chi connectivity index (χ2n) is 4.77. The van der Waals surface area contributed by atoms with Crippen LogP contribution in [0.1, 0.15) is 11.1 Å². The molecule has 19 heavy (non-hydrogen) atoms. The van der Waals surface area contributed by atoms with Gasteiger partial charge >= 0.3 is 6.09 Å². The molecule has 2 heterocycles. The van der Waals surface area contributed by atoms with Crippen LogP contribution in [0.5, 0.6) is 5.75 Å². The maximum Gasteiger partial charge on any atom is 0.410 e. The maximum absolute atomic E-state index is 11.7. The average molecular weight is 327 g/mol. The molecule has 0 aliphatic carbocycles. The fraction of sp³-hybridized carbons (Fsp3) is 0.462. The Morgan fingerprint density at radius 1 is 1.47 bits per heavy atom. The second kappa shape index (κ2) is 5.02. The van der Waals surface area contributed by atoms with Crippen LogP contribution in [0.25, 0.3) is 0 Å². The molecule has 2 N–H and O–H groups in total. The highest BCUT2D eigenvalue weighted by Gasteiger charge is 2.31. The Morgan fingerprint density at radius 2 is 2.32 bits per heavy atom. The number of benzene rings is 1. The fourth-order valence-electron chi connectivity index (χ4n) is 2.50. The zero-order chi connectivity index (χ0) is 13.4. The molecule has 1 unspecified atom stereocenters. The monoisotopic (exact) mass is 326 g/mol. The smallest absolute Gasteiger partial charge is 0.410 e. The van der Waals surface area contributed by atoms with Crippen LogP contribution >= 0.6 is 15.9 Å². The Bertz CT molecular complexity index is 521. The van der Waals surface area contributed by atoms with Crippen LogP contribution in [0.4, 0.5) is 4.79 Å². The third-order valence-electron chi connectivity index (χ3n) is 3.40. The molecule has 1 saturated heterocycles. The van der Waals surface area contributed by atoms with Crippen LogP contribution < -0.4 is 10.5 Å². The molecule has 1 fully saturated rings. The fourth-order valence-corrected chi connectivity index (χ4v) is 3.05. The molecule has 2 aliphatic heterocycles. The first-order valence-electron chi connectivity index (χ1n) is 6.27. The quantitative estimate of drug-likeness (QED) is 0.917. The van der Waals surface area contributed by atoms with Crippen molar-refractivity contribution in [3.8, 4) is 5.75 Å². The van der Waals surface area contributed by atoms with E-state index in [1.165, 1.54) is 5.56 Å². The summed E-state index contributed by atoms with van der Waals surface area (Å²) in [5.41, 5.74) is 7.73. The molecule has 0 spiro atoms. The van der Waals surface area contributed by atoms with Crippen molar-refractivity contribution < 1.29 is 14.3 Å². The third-order valence-corrected chi connectivity index (χ3v) is 3.86. The van der Waals surface area contributed by atoms with Crippen LogP contribution in [0.3, 0.4) is 0 Å². The van der Waals surface area contributed by atoms with Gasteiger partial charge in [-0.2, -0.15) is 0 Å². The van der Waals surface area contributed by atoms with E-state index >= 15 is 0 Å². The van der Waals surface area contributed by atoms with Gasteiger partial charge in [-0.1, -0.05) is 15.9 Å². The van der Waals surface area contributed by atoms with Gasteiger partial charge in [-0.15, -0.1) is 0 Å². The summed E-state index contributed by atoms with van der Waals surface area (Å²) in [6.45, 7) is 2.09. The largest absolute Gasteiger partial charge is 0.493 e. The number of carbonyl (C=O) groups excluding carboxylic acids is 1. The van der Waals surface area contributed by atoms with E-state index in [1.54, 1.807) is 4.90 Å². The average Bonchev–Trinajstić information content (AvgIpc) is 2.96. The molecule has 3 rings (SSSR count). The molecule has 1 atom stereocenters. The number of hydrogen-bond acceptors (Lipinski definition) is 4. The lowest BCUT2D eigenvalue weighted by atomic mass is 10.1. The lowest BCUT2D eigenvalue weighted by molar-refractivity contribution is 0.134. The van der Waals surface area contributed by atoms with Crippen LogP contribution in [-0.4, -0.2) is 36.8 Å². The summed E-state index contributed by atoms with van der Waals surface area (Å²) < 4.78 is 11.8. The molecule has 1 aromatic carbocycles. The molecule has 0 saturated carbocycles. The van der Waals surface area contributed by atoms with E-state index in [0.717, 1.165) is 22.2 Å². The number of nitrogens with two attached hydrogens (primary N) is 1. The first kappa shape index (κ1) is 12.7. The highest BCUT2D eigenvalue weighted by atomic mass is 79.9. The van der Waals surface area contributed by atoms with Crippen LogP contribution in [0, 0.1) is 0 Å². The van der Waals surface area contributed by atoms with Crippen LogP contribution in [0.15, 0.2) is 16.6 Å². The van der Waals surface area contributed by atoms with Gasteiger partial charge in [0.1, 0.15) is 11.9 Å². The van der Waals surface area contributed by atoms with E-state index in [9.17, 15) is 4.79 Å². The van der Waals surface area contributed by atoms with Crippen molar-refractivity contribution in [1.29, 1.82) is 0 Å². The van der Waals surface area contributed by atoms with Gasteiger partial charge in [0.05, 0.1) is 19.7 Å². The topological polar surface area (TPSA) is 64.8 Å². The Morgan fingerprint density at radius 3 is 3.05 bits per heavy atom. The summed E-state index contributed by atoms with van der Waals surface area (Å²) in [4.78, 5) is 13.4. The molecule has 0 aromatic heterocycles. The summed E-state index contributed by atoms with van der Waals surface area (Å²) in [5, 5.41) is 0. The lowest BCUT2D eigenvalue weighted by Crippen LogP contribution is -2.27. The minimum absolute atomic E-state index is 0.200. The summed E-state index contributed by atoms with van der Waals surface area (Å²) in [5.74, 6) is 0.909. The minimum atomic E-state index is -0.304. The van der Waals surface area contributed by atoms with Crippen molar-refractivity contribution >= 4 is 22.0 Å². The van der Waals surface area contributed by atoms with E-state index < -0.39 is 0 Å². The summed E-state index contributed by atoms with van der Waals surface area (Å²) in [7, 11) is 0. The molecule has 6 heteroatoms.